The van der Waals surface area contributed by atoms with Crippen molar-refractivity contribution in [2.75, 3.05) is 45.7 Å². The van der Waals surface area contributed by atoms with Crippen molar-refractivity contribution in [2.24, 2.45) is 11.3 Å². The van der Waals surface area contributed by atoms with Crippen LogP contribution in [0.3, 0.4) is 0 Å². The zero-order valence-electron chi connectivity index (χ0n) is 14.1. The summed E-state index contributed by atoms with van der Waals surface area (Å²) in [4.78, 5) is 42.9. The summed E-state index contributed by atoms with van der Waals surface area (Å²) in [7, 11) is 3.23. The van der Waals surface area contributed by atoms with Crippen molar-refractivity contribution in [3.63, 3.8) is 0 Å². The molecule has 25 heavy (non-hydrogen) atoms. The molecule has 2 atom stereocenters. The predicted molar refractivity (Wildman–Crippen MR) is 87.2 cm³/mol. The van der Waals surface area contributed by atoms with Crippen molar-refractivity contribution < 1.29 is 24.2 Å². The lowest BCUT2D eigenvalue weighted by molar-refractivity contribution is -0.149. The molecule has 3 heterocycles. The molecule has 0 spiro atoms. The monoisotopic (exact) mass is 348 g/mol. The molecule has 1 aromatic heterocycles. The number of carboxylic acid groups (broad SMARTS) is 1. The van der Waals surface area contributed by atoms with E-state index in [4.69, 9.17) is 4.74 Å². The third-order valence-corrected chi connectivity index (χ3v) is 4.72. The Labute approximate surface area is 144 Å². The summed E-state index contributed by atoms with van der Waals surface area (Å²) in [6.45, 7) is 0.889. The first-order valence-electron chi connectivity index (χ1n) is 7.88. The molecule has 134 valence electrons. The van der Waals surface area contributed by atoms with Gasteiger partial charge in [0.05, 0.1) is 13.2 Å². The zero-order chi connectivity index (χ0) is 18.2. The predicted octanol–water partition coefficient (Wildman–Crippen LogP) is 0.348. The Balaban J connectivity index is 1.71. The second-order valence-corrected chi connectivity index (χ2v) is 6.61. The summed E-state index contributed by atoms with van der Waals surface area (Å²) in [6.07, 6.45) is 1.44. The minimum atomic E-state index is -1.03. The standard InChI is InChI=1S/C16H20N4O5/c1-19(2)13(21)12-5-11(3-4-17-12)18-15(24)20-6-10-7-25-9-16(10,8-20)14(22)23/h3-5,10H,6-9H2,1-2H3,(H,22,23)(H,17,18,24)/t10-,16-/m1/s1. The van der Waals surface area contributed by atoms with Gasteiger partial charge >= 0.3 is 12.0 Å². The Morgan fingerprint density at radius 2 is 2.20 bits per heavy atom. The second-order valence-electron chi connectivity index (χ2n) is 6.61. The number of pyridine rings is 1. The van der Waals surface area contributed by atoms with Crippen molar-refractivity contribution in [3.8, 4) is 0 Å². The molecule has 9 nitrogen and oxygen atoms in total. The van der Waals surface area contributed by atoms with Gasteiger partial charge in [-0.3, -0.25) is 14.6 Å². The number of carboxylic acids is 1. The molecular formula is C16H20N4O5. The Morgan fingerprint density at radius 3 is 2.84 bits per heavy atom. The van der Waals surface area contributed by atoms with Gasteiger partial charge in [-0.15, -0.1) is 0 Å². The number of likely N-dealkylation sites (tertiary alicyclic amines) is 1. The van der Waals surface area contributed by atoms with Crippen molar-refractivity contribution in [3.05, 3.63) is 24.0 Å². The van der Waals surface area contributed by atoms with E-state index in [2.05, 4.69) is 10.3 Å². The summed E-state index contributed by atoms with van der Waals surface area (Å²) in [5.41, 5.74) is -0.374. The number of urea groups is 1. The van der Waals surface area contributed by atoms with Gasteiger partial charge in [0.15, 0.2) is 0 Å². The number of nitrogens with one attached hydrogen (secondary N) is 1. The third kappa shape index (κ3) is 3.02. The lowest BCUT2D eigenvalue weighted by Gasteiger charge is -2.22. The van der Waals surface area contributed by atoms with Crippen LogP contribution < -0.4 is 5.32 Å². The van der Waals surface area contributed by atoms with Gasteiger partial charge in [0, 0.05) is 45.0 Å². The largest absolute Gasteiger partial charge is 0.481 e. The van der Waals surface area contributed by atoms with E-state index in [-0.39, 0.29) is 30.7 Å². The highest BCUT2D eigenvalue weighted by Gasteiger charge is 2.57. The number of carbonyl (C=O) groups is 3. The molecule has 0 bridgehead atoms. The minimum absolute atomic E-state index is 0.105. The average Bonchev–Trinajstić information content (AvgIpc) is 3.12. The molecule has 2 fully saturated rings. The average molecular weight is 348 g/mol. The molecule has 3 rings (SSSR count). The molecule has 0 radical (unpaired) electrons. The molecule has 0 saturated carbocycles. The Bertz CT molecular complexity index is 722. The summed E-state index contributed by atoms with van der Waals surface area (Å²) >= 11 is 0. The van der Waals surface area contributed by atoms with E-state index >= 15 is 0 Å². The Hall–Kier alpha value is -2.68. The van der Waals surface area contributed by atoms with Crippen LogP contribution in [0, 0.1) is 11.3 Å². The first-order valence-corrected chi connectivity index (χ1v) is 7.88. The number of hydrogen-bond acceptors (Lipinski definition) is 5. The first-order chi connectivity index (χ1) is 11.8. The number of aliphatic carboxylic acids is 1. The maximum atomic E-state index is 12.5. The number of hydrogen-bond donors (Lipinski definition) is 2. The van der Waals surface area contributed by atoms with Crippen LogP contribution in [0.4, 0.5) is 10.5 Å². The summed E-state index contributed by atoms with van der Waals surface area (Å²) in [6, 6.07) is 2.68. The number of amides is 3. The Kier molecular flexibility index (Phi) is 4.34. The molecule has 0 aliphatic carbocycles. The minimum Gasteiger partial charge on any atom is -0.481 e. The highest BCUT2D eigenvalue weighted by molar-refractivity contribution is 5.95. The summed E-state index contributed by atoms with van der Waals surface area (Å²) in [5, 5.41) is 12.2. The van der Waals surface area contributed by atoms with Gasteiger partial charge in [0.2, 0.25) is 0 Å². The molecule has 1 aromatic rings. The maximum absolute atomic E-state index is 12.5. The fourth-order valence-corrected chi connectivity index (χ4v) is 3.25. The van der Waals surface area contributed by atoms with Crippen LogP contribution in [0.2, 0.25) is 0 Å². The normalized spacial score (nSPS) is 24.7. The van der Waals surface area contributed by atoms with Gasteiger partial charge in [-0.05, 0) is 12.1 Å². The summed E-state index contributed by atoms with van der Waals surface area (Å²) < 4.78 is 5.30. The fraction of sp³-hybridized carbons (Fsp3) is 0.500. The molecule has 2 aliphatic rings. The first kappa shape index (κ1) is 17.2. The molecule has 3 amide bonds. The second kappa shape index (κ2) is 6.32. The highest BCUT2D eigenvalue weighted by Crippen LogP contribution is 2.41. The quantitative estimate of drug-likeness (QED) is 0.815. The van der Waals surface area contributed by atoms with Crippen LogP contribution in [0.5, 0.6) is 0 Å². The number of aromatic nitrogens is 1. The molecule has 0 aromatic carbocycles. The van der Waals surface area contributed by atoms with Crippen molar-refractivity contribution in [2.45, 2.75) is 0 Å². The van der Waals surface area contributed by atoms with Gasteiger partial charge in [-0.1, -0.05) is 0 Å². The van der Waals surface area contributed by atoms with E-state index in [0.29, 0.717) is 18.8 Å². The lowest BCUT2D eigenvalue weighted by atomic mass is 9.81. The zero-order valence-corrected chi connectivity index (χ0v) is 14.1. The molecular weight excluding hydrogens is 328 g/mol. The maximum Gasteiger partial charge on any atom is 0.321 e. The van der Waals surface area contributed by atoms with Crippen LogP contribution >= 0.6 is 0 Å². The van der Waals surface area contributed by atoms with E-state index in [1.807, 2.05) is 0 Å². The third-order valence-electron chi connectivity index (χ3n) is 4.72. The molecule has 9 heteroatoms. The van der Waals surface area contributed by atoms with E-state index in [0.717, 1.165) is 0 Å². The van der Waals surface area contributed by atoms with Gasteiger partial charge in [-0.2, -0.15) is 0 Å². The van der Waals surface area contributed by atoms with Gasteiger partial charge in [-0.25, -0.2) is 4.79 Å². The van der Waals surface area contributed by atoms with E-state index < -0.39 is 17.4 Å². The van der Waals surface area contributed by atoms with Gasteiger partial charge < -0.3 is 25.0 Å². The number of ether oxygens (including phenoxy) is 1. The van der Waals surface area contributed by atoms with Crippen LogP contribution in [0.1, 0.15) is 10.5 Å². The number of fused-ring (bicyclic) bond motifs is 1. The van der Waals surface area contributed by atoms with Crippen LogP contribution in [-0.2, 0) is 9.53 Å². The molecule has 0 unspecified atom stereocenters. The van der Waals surface area contributed by atoms with Crippen molar-refractivity contribution >= 4 is 23.6 Å². The lowest BCUT2D eigenvalue weighted by Crippen LogP contribution is -2.41. The Morgan fingerprint density at radius 1 is 1.44 bits per heavy atom. The highest BCUT2D eigenvalue weighted by atomic mass is 16.5. The van der Waals surface area contributed by atoms with Crippen molar-refractivity contribution in [1.29, 1.82) is 0 Å². The van der Waals surface area contributed by atoms with Crippen LogP contribution in [0.25, 0.3) is 0 Å². The topological polar surface area (TPSA) is 112 Å². The molecule has 2 saturated heterocycles. The fourth-order valence-electron chi connectivity index (χ4n) is 3.25. The molecule has 2 aliphatic heterocycles. The number of anilines is 1. The smallest absolute Gasteiger partial charge is 0.321 e. The van der Waals surface area contributed by atoms with Crippen LogP contribution in [-0.4, -0.2) is 78.2 Å². The number of nitrogens with zero attached hydrogens (tertiary/aromatic N) is 3. The van der Waals surface area contributed by atoms with Gasteiger partial charge in [0.1, 0.15) is 11.1 Å². The van der Waals surface area contributed by atoms with Crippen molar-refractivity contribution in [1.82, 2.24) is 14.8 Å². The van der Waals surface area contributed by atoms with E-state index in [9.17, 15) is 19.5 Å². The SMILES string of the molecule is CN(C)C(=O)c1cc(NC(=O)N2C[C@@H]3COC[C@]3(C(=O)O)C2)ccn1. The van der Waals surface area contributed by atoms with E-state index in [1.165, 1.54) is 22.1 Å². The van der Waals surface area contributed by atoms with E-state index in [1.54, 1.807) is 20.2 Å². The molecule has 2 N–H and O–H groups in total. The van der Waals surface area contributed by atoms with Gasteiger partial charge in [0.25, 0.3) is 5.91 Å². The number of carbonyl (C=O) groups excluding carboxylic acids is 2. The van der Waals surface area contributed by atoms with Crippen LogP contribution in [0.15, 0.2) is 18.3 Å². The summed E-state index contributed by atoms with van der Waals surface area (Å²) in [5.74, 6) is -1.42. The number of rotatable bonds is 3.